The summed E-state index contributed by atoms with van der Waals surface area (Å²) in [6, 6.07) is 7.05. The molecule has 3 aliphatic rings. The van der Waals surface area contributed by atoms with Gasteiger partial charge in [-0.3, -0.25) is 4.79 Å². The lowest BCUT2D eigenvalue weighted by Gasteiger charge is -2.48. The van der Waals surface area contributed by atoms with E-state index in [0.717, 1.165) is 12.1 Å². The smallest absolute Gasteiger partial charge is 0.239 e. The van der Waals surface area contributed by atoms with E-state index in [2.05, 4.69) is 0 Å². The highest BCUT2D eigenvalue weighted by Gasteiger charge is 2.55. The van der Waals surface area contributed by atoms with E-state index in [4.69, 9.17) is 32.8 Å². The molecule has 3 aromatic rings. The molecule has 4 heterocycles. The average Bonchev–Trinajstić information content (AvgIpc) is 3.12. The Kier molecular flexibility index (Phi) is 11.5. The molecule has 3 fully saturated rings. The van der Waals surface area contributed by atoms with E-state index in [0.29, 0.717) is 0 Å². The van der Waals surface area contributed by atoms with E-state index in [1.165, 1.54) is 31.2 Å². The van der Waals surface area contributed by atoms with Crippen molar-refractivity contribution in [1.29, 1.82) is 0 Å². The van der Waals surface area contributed by atoms with Crippen molar-refractivity contribution < 1.29 is 94.1 Å². The van der Waals surface area contributed by atoms with Crippen LogP contribution in [0, 0.1) is 0 Å². The summed E-state index contributed by atoms with van der Waals surface area (Å²) in [5.74, 6) is -2.40. The summed E-state index contributed by atoms with van der Waals surface area (Å²) in [6.07, 6.45) is -26.9. The first kappa shape index (κ1) is 39.0. The molecule has 0 saturated carbocycles. The number of ether oxygens (including phenoxy) is 6. The van der Waals surface area contributed by atoms with Gasteiger partial charge in [0.25, 0.3) is 0 Å². The van der Waals surface area contributed by atoms with Crippen LogP contribution in [0.4, 0.5) is 0 Å². The first-order valence-corrected chi connectivity index (χ1v) is 16.4. The Bertz CT molecular complexity index is 1780. The van der Waals surface area contributed by atoms with Crippen molar-refractivity contribution in [2.45, 2.75) is 99.0 Å². The van der Waals surface area contributed by atoms with Crippen molar-refractivity contribution in [3.8, 4) is 34.3 Å². The normalized spacial score (nSPS) is 37.8. The number of hydrogen-bond donors (Lipinski definition) is 12. The van der Waals surface area contributed by atoms with Gasteiger partial charge < -0.3 is 94.1 Å². The highest BCUT2D eigenvalue weighted by molar-refractivity contribution is 5.88. The Hall–Kier alpha value is -3.71. The van der Waals surface area contributed by atoms with Gasteiger partial charge in [-0.2, -0.15) is 0 Å². The van der Waals surface area contributed by atoms with Crippen molar-refractivity contribution in [2.24, 2.45) is 0 Å². The first-order chi connectivity index (χ1) is 25.1. The van der Waals surface area contributed by atoms with E-state index >= 15 is 0 Å². The summed E-state index contributed by atoms with van der Waals surface area (Å²) in [5.41, 5.74) is -1.24. The average molecular weight is 757 g/mol. The molecule has 3 saturated heterocycles. The minimum absolute atomic E-state index is 0.109. The fraction of sp³-hybridized carbons (Fsp3) is 0.545. The molecule has 6 rings (SSSR count). The third-order valence-electron chi connectivity index (χ3n) is 9.32. The monoisotopic (exact) mass is 756 g/mol. The molecular formula is C33H40O20. The van der Waals surface area contributed by atoms with Crippen LogP contribution in [-0.4, -0.2) is 167 Å². The van der Waals surface area contributed by atoms with E-state index in [9.17, 15) is 66.1 Å². The molecule has 20 heteroatoms. The number of rotatable bonds is 9. The minimum Gasteiger partial charge on any atom is -0.508 e. The number of benzene rings is 2. The first-order valence-electron chi connectivity index (χ1n) is 16.4. The van der Waals surface area contributed by atoms with Crippen molar-refractivity contribution in [1.82, 2.24) is 0 Å². The van der Waals surface area contributed by atoms with Crippen LogP contribution < -0.4 is 10.2 Å². The largest absolute Gasteiger partial charge is 0.508 e. The molecule has 0 amide bonds. The van der Waals surface area contributed by atoms with Crippen molar-refractivity contribution in [3.63, 3.8) is 0 Å². The molecule has 0 spiro atoms. The van der Waals surface area contributed by atoms with Crippen LogP contribution in [0.15, 0.2) is 45.6 Å². The maximum absolute atomic E-state index is 14.1. The molecule has 53 heavy (non-hydrogen) atoms. The van der Waals surface area contributed by atoms with Crippen LogP contribution in [0.25, 0.3) is 22.3 Å². The number of aliphatic hydroxyl groups is 9. The van der Waals surface area contributed by atoms with Crippen LogP contribution in [-0.2, 0) is 23.7 Å². The molecule has 20 nitrogen and oxygen atoms in total. The Labute approximate surface area is 298 Å². The molecule has 15 atom stereocenters. The maximum atomic E-state index is 14.1. The molecular weight excluding hydrogens is 716 g/mol. The van der Waals surface area contributed by atoms with Gasteiger partial charge in [0.05, 0.1) is 19.3 Å². The lowest BCUT2D eigenvalue weighted by Crippen LogP contribution is -2.67. The second-order valence-electron chi connectivity index (χ2n) is 12.9. The third kappa shape index (κ3) is 7.39. The SMILES string of the molecule is C[C@@H]1O[C@@H](O[C@H]2[C@H](Oc3c(-c4ccc(O)cc4)oc4cc(O)cc(O)c4c3=O)O[C@H](CO)[C@@H](O)[C@@H]2O[C@@H]2O[C@H](CO)[C@@H](O)[C@H](O)[C@H]2O)[C@H](O)[C@H](O)[C@H]1O. The van der Waals surface area contributed by atoms with E-state index < -0.39 is 133 Å². The summed E-state index contributed by atoms with van der Waals surface area (Å²) < 4.78 is 40.8. The zero-order valence-electron chi connectivity index (χ0n) is 27.7. The van der Waals surface area contributed by atoms with E-state index in [1.807, 2.05) is 0 Å². The standard InChI is InChI=1S/C33H40O20/c1-10-19(39)23(43)25(45)31(47-10)53-30-28(51-32-26(46)24(44)20(40)16(8-34)49-32)21(41)17(9-35)50-33(30)52-29-22(42)18-14(38)6-13(37)7-15(18)48-27(29)11-2-4-12(36)5-3-11/h2-7,10,16-17,19-21,23-26,28,30-41,43-46H,8-9H2,1H3/t10-,16+,17+,19-,20+,21+,23+,24-,25+,26+,28-,30+,31-,32-,33-/m0/s1. The van der Waals surface area contributed by atoms with Gasteiger partial charge in [0, 0.05) is 17.7 Å². The molecule has 0 radical (unpaired) electrons. The second kappa shape index (κ2) is 15.6. The van der Waals surface area contributed by atoms with Crippen LogP contribution in [0.3, 0.4) is 0 Å². The fourth-order valence-corrected chi connectivity index (χ4v) is 6.35. The number of aromatic hydroxyl groups is 3. The molecule has 1 aromatic heterocycles. The van der Waals surface area contributed by atoms with Crippen LogP contribution in [0.1, 0.15) is 6.92 Å². The van der Waals surface area contributed by atoms with E-state index in [-0.39, 0.29) is 22.7 Å². The topological polar surface area (TPSA) is 328 Å². The summed E-state index contributed by atoms with van der Waals surface area (Å²) >= 11 is 0. The minimum atomic E-state index is -2.02. The summed E-state index contributed by atoms with van der Waals surface area (Å²) in [5, 5.41) is 125. The van der Waals surface area contributed by atoms with Gasteiger partial charge in [-0.15, -0.1) is 0 Å². The Morgan fingerprint density at radius 3 is 1.85 bits per heavy atom. The summed E-state index contributed by atoms with van der Waals surface area (Å²) in [4.78, 5) is 14.1. The van der Waals surface area contributed by atoms with E-state index in [1.54, 1.807) is 0 Å². The lowest BCUT2D eigenvalue weighted by molar-refractivity contribution is -0.383. The molecule has 0 aliphatic carbocycles. The predicted octanol–water partition coefficient (Wildman–Crippen LogP) is -3.57. The molecule has 292 valence electrons. The maximum Gasteiger partial charge on any atom is 0.239 e. The van der Waals surface area contributed by atoms with Gasteiger partial charge in [0.2, 0.25) is 17.5 Å². The molecule has 2 aromatic carbocycles. The van der Waals surface area contributed by atoms with Crippen molar-refractivity contribution in [3.05, 3.63) is 46.6 Å². The number of phenolic OH excluding ortho intramolecular Hbond substituents is 3. The van der Waals surface area contributed by atoms with Crippen LogP contribution in [0.5, 0.6) is 23.0 Å². The van der Waals surface area contributed by atoms with Crippen LogP contribution in [0.2, 0.25) is 0 Å². The summed E-state index contributed by atoms with van der Waals surface area (Å²) in [7, 11) is 0. The number of aliphatic hydroxyl groups excluding tert-OH is 9. The molecule has 0 bridgehead atoms. The zero-order valence-corrected chi connectivity index (χ0v) is 27.7. The zero-order chi connectivity index (χ0) is 38.5. The third-order valence-corrected chi connectivity index (χ3v) is 9.32. The Morgan fingerprint density at radius 2 is 1.21 bits per heavy atom. The van der Waals surface area contributed by atoms with Gasteiger partial charge in [-0.05, 0) is 31.2 Å². The van der Waals surface area contributed by atoms with Gasteiger partial charge in [0.1, 0.15) is 89.3 Å². The Balaban J connectivity index is 1.47. The quantitative estimate of drug-likeness (QED) is 0.100. The number of fused-ring (bicyclic) bond motifs is 1. The van der Waals surface area contributed by atoms with Crippen molar-refractivity contribution in [2.75, 3.05) is 13.2 Å². The molecule has 12 N–H and O–H groups in total. The van der Waals surface area contributed by atoms with Gasteiger partial charge >= 0.3 is 0 Å². The van der Waals surface area contributed by atoms with Gasteiger partial charge in [0.15, 0.2) is 24.4 Å². The van der Waals surface area contributed by atoms with Gasteiger partial charge in [-0.1, -0.05) is 0 Å². The second-order valence-corrected chi connectivity index (χ2v) is 12.9. The fourth-order valence-electron chi connectivity index (χ4n) is 6.35. The number of hydrogen-bond acceptors (Lipinski definition) is 20. The predicted molar refractivity (Wildman–Crippen MR) is 171 cm³/mol. The van der Waals surface area contributed by atoms with Crippen LogP contribution >= 0.6 is 0 Å². The highest BCUT2D eigenvalue weighted by atomic mass is 16.8. The summed E-state index contributed by atoms with van der Waals surface area (Å²) in [6.45, 7) is -0.451. The Morgan fingerprint density at radius 1 is 0.642 bits per heavy atom. The highest BCUT2D eigenvalue weighted by Crippen LogP contribution is 2.39. The number of phenols is 3. The van der Waals surface area contributed by atoms with Gasteiger partial charge in [-0.25, -0.2) is 0 Å². The molecule has 3 aliphatic heterocycles. The lowest BCUT2D eigenvalue weighted by atomic mass is 9.96. The molecule has 0 unspecified atom stereocenters. The van der Waals surface area contributed by atoms with Crippen molar-refractivity contribution >= 4 is 11.0 Å².